The predicted octanol–water partition coefficient (Wildman–Crippen LogP) is 6.25. The number of esters is 1. The fourth-order valence-corrected chi connectivity index (χ4v) is 4.75. The molecule has 0 saturated heterocycles. The predicted molar refractivity (Wildman–Crippen MR) is 141 cm³/mol. The lowest BCUT2D eigenvalue weighted by molar-refractivity contribution is -0.143. The summed E-state index contributed by atoms with van der Waals surface area (Å²) in [5.74, 6) is -5.27. The quantitative estimate of drug-likeness (QED) is 0.226. The molecule has 0 spiro atoms. The van der Waals surface area contributed by atoms with Gasteiger partial charge in [-0.3, -0.25) is 9.78 Å². The molecule has 4 rings (SSSR count). The number of aromatic nitrogens is 1. The molecule has 7 nitrogen and oxygen atoms in total. The van der Waals surface area contributed by atoms with Gasteiger partial charge >= 0.3 is 18.3 Å². The molecule has 2 aromatic carbocycles. The van der Waals surface area contributed by atoms with E-state index in [2.05, 4.69) is 10.3 Å². The summed E-state index contributed by atoms with van der Waals surface area (Å²) in [6.45, 7) is 0.930. The van der Waals surface area contributed by atoms with Crippen molar-refractivity contribution in [3.63, 3.8) is 0 Å². The molecule has 0 bridgehead atoms. The second kappa shape index (κ2) is 12.7. The Morgan fingerprint density at radius 3 is 2.36 bits per heavy atom. The van der Waals surface area contributed by atoms with Crippen molar-refractivity contribution < 1.29 is 54.2 Å². The number of rotatable bonds is 8. The van der Waals surface area contributed by atoms with Crippen molar-refractivity contribution in [3.05, 3.63) is 76.5 Å². The second-order valence-corrected chi connectivity index (χ2v) is 9.91. The Hall–Kier alpha value is -4.43. The molecular formula is C29H25F8N3O4. The highest BCUT2D eigenvalue weighted by Crippen LogP contribution is 2.43. The molecule has 1 aromatic heterocycles. The third-order valence-electron chi connectivity index (χ3n) is 6.90. The highest BCUT2D eigenvalue weighted by atomic mass is 19.4. The number of anilines is 1. The van der Waals surface area contributed by atoms with Gasteiger partial charge in [0.1, 0.15) is 35.0 Å². The van der Waals surface area contributed by atoms with E-state index < -0.39 is 64.8 Å². The van der Waals surface area contributed by atoms with E-state index in [4.69, 9.17) is 9.47 Å². The maximum Gasteiger partial charge on any atom is 0.418 e. The number of carbonyl (C=O) groups excluding carboxylic acids is 2. The van der Waals surface area contributed by atoms with Crippen molar-refractivity contribution >= 4 is 17.6 Å². The molecule has 0 radical (unpaired) electrons. The van der Waals surface area contributed by atoms with Gasteiger partial charge < -0.3 is 20.1 Å². The molecule has 1 amide bonds. The van der Waals surface area contributed by atoms with Gasteiger partial charge in [0.05, 0.1) is 25.0 Å². The molecule has 15 heteroatoms. The van der Waals surface area contributed by atoms with Gasteiger partial charge in [-0.25, -0.2) is 13.6 Å². The number of halogens is 8. The van der Waals surface area contributed by atoms with Crippen molar-refractivity contribution in [3.8, 4) is 17.0 Å². The van der Waals surface area contributed by atoms with Gasteiger partial charge in [-0.05, 0) is 61.2 Å². The number of hydrogen-bond acceptors (Lipinski definition) is 6. The van der Waals surface area contributed by atoms with Crippen molar-refractivity contribution in [1.82, 2.24) is 10.3 Å². The number of alkyl halides is 6. The highest BCUT2D eigenvalue weighted by molar-refractivity contribution is 5.97. The van der Waals surface area contributed by atoms with Crippen LogP contribution in [0.1, 0.15) is 40.4 Å². The Labute approximate surface area is 245 Å². The molecular weight excluding hydrogens is 606 g/mol. The van der Waals surface area contributed by atoms with E-state index in [9.17, 15) is 44.7 Å². The van der Waals surface area contributed by atoms with Crippen molar-refractivity contribution in [2.75, 3.05) is 19.0 Å². The zero-order valence-electron chi connectivity index (χ0n) is 23.1. The molecule has 236 valence electrons. The summed E-state index contributed by atoms with van der Waals surface area (Å²) in [5, 5.41) is 4.08. The Bertz CT molecular complexity index is 1540. The summed E-state index contributed by atoms with van der Waals surface area (Å²) in [4.78, 5) is 29.5. The minimum Gasteiger partial charge on any atom is -0.493 e. The van der Waals surface area contributed by atoms with E-state index in [-0.39, 0.29) is 30.0 Å². The molecule has 1 aliphatic heterocycles. The number of nitrogens with zero attached hydrogens (tertiary/aromatic N) is 1. The van der Waals surface area contributed by atoms with Crippen LogP contribution in [0.5, 0.6) is 5.75 Å². The smallest absolute Gasteiger partial charge is 0.418 e. The van der Waals surface area contributed by atoms with Crippen molar-refractivity contribution in [2.24, 2.45) is 0 Å². The molecule has 0 saturated carbocycles. The zero-order valence-corrected chi connectivity index (χ0v) is 23.1. The summed E-state index contributed by atoms with van der Waals surface area (Å²) in [6.07, 6.45) is -7.70. The second-order valence-electron chi connectivity index (χ2n) is 9.91. The molecule has 2 heterocycles. The van der Waals surface area contributed by atoms with Crippen LogP contribution in [0.15, 0.2) is 42.6 Å². The fraction of sp³-hybridized carbons (Fsp3) is 0.345. The first-order chi connectivity index (χ1) is 20.6. The Morgan fingerprint density at radius 1 is 1.07 bits per heavy atom. The third kappa shape index (κ3) is 7.03. The molecule has 0 unspecified atom stereocenters. The summed E-state index contributed by atoms with van der Waals surface area (Å²) < 4.78 is 120. The van der Waals surface area contributed by atoms with Crippen molar-refractivity contribution in [2.45, 2.75) is 50.6 Å². The number of ether oxygens (including phenoxy) is 2. The monoisotopic (exact) mass is 631 g/mol. The van der Waals surface area contributed by atoms with Gasteiger partial charge in [-0.15, -0.1) is 0 Å². The minimum atomic E-state index is -4.71. The summed E-state index contributed by atoms with van der Waals surface area (Å²) in [7, 11) is 1.01. The van der Waals surface area contributed by atoms with Crippen LogP contribution >= 0.6 is 0 Å². The third-order valence-corrected chi connectivity index (χ3v) is 6.90. The number of carbonyl (C=O) groups is 2. The lowest BCUT2D eigenvalue weighted by Gasteiger charge is -2.26. The number of amides is 1. The maximum absolute atomic E-state index is 14.8. The standard InChI is InChI=1S/C29H25F8N3O4/c1-14(28(32,33)34)39-16-12-20(30)23(21(31)13-16)26(41)40-22(27(42)43-2)11-15-7-8-18(25-17(15)5-4-10-44-25)24-19(29(35,36)37)6-3-9-38-24/h3,6-9,12-14,22,39H,4-5,10-11H2,1-2H3,(H,40,41)/t14-,22+/m1/s1. The molecule has 2 atom stereocenters. The van der Waals surface area contributed by atoms with Crippen LogP contribution in [-0.2, 0) is 28.5 Å². The number of pyridine rings is 1. The number of hydrogen-bond donors (Lipinski definition) is 2. The summed E-state index contributed by atoms with van der Waals surface area (Å²) in [5.41, 5.74) is -2.18. The van der Waals surface area contributed by atoms with E-state index in [1.165, 1.54) is 18.3 Å². The van der Waals surface area contributed by atoms with Crippen LogP contribution in [0.4, 0.5) is 40.8 Å². The Balaban J connectivity index is 1.65. The van der Waals surface area contributed by atoms with Gasteiger partial charge in [-0.2, -0.15) is 26.3 Å². The van der Waals surface area contributed by atoms with Gasteiger partial charge in [0.25, 0.3) is 5.91 Å². The maximum atomic E-state index is 14.8. The van der Waals surface area contributed by atoms with Gasteiger partial charge in [0, 0.05) is 23.9 Å². The van der Waals surface area contributed by atoms with E-state index in [0.717, 1.165) is 26.2 Å². The number of nitrogens with one attached hydrogen (secondary N) is 2. The van der Waals surface area contributed by atoms with Crippen LogP contribution in [-0.4, -0.2) is 48.8 Å². The first-order valence-electron chi connectivity index (χ1n) is 13.1. The molecule has 2 N–H and O–H groups in total. The van der Waals surface area contributed by atoms with Crippen LogP contribution in [0.3, 0.4) is 0 Å². The summed E-state index contributed by atoms with van der Waals surface area (Å²) in [6, 6.07) is 2.14. The average Bonchev–Trinajstić information content (AvgIpc) is 2.95. The van der Waals surface area contributed by atoms with Crippen LogP contribution in [0.25, 0.3) is 11.3 Å². The summed E-state index contributed by atoms with van der Waals surface area (Å²) >= 11 is 0. The van der Waals surface area contributed by atoms with E-state index in [1.807, 2.05) is 5.32 Å². The first kappa shape index (κ1) is 32.5. The van der Waals surface area contributed by atoms with Crippen LogP contribution < -0.4 is 15.4 Å². The Morgan fingerprint density at radius 2 is 1.75 bits per heavy atom. The number of benzene rings is 2. The molecule has 1 aliphatic rings. The normalized spacial score (nSPS) is 14.6. The zero-order chi connectivity index (χ0) is 32.4. The average molecular weight is 632 g/mol. The highest BCUT2D eigenvalue weighted by Gasteiger charge is 2.37. The van der Waals surface area contributed by atoms with Crippen LogP contribution in [0, 0.1) is 11.6 Å². The Kier molecular flexibility index (Phi) is 9.35. The van der Waals surface area contributed by atoms with Crippen molar-refractivity contribution in [1.29, 1.82) is 0 Å². The first-order valence-corrected chi connectivity index (χ1v) is 13.1. The minimum absolute atomic E-state index is 0.0627. The number of methoxy groups -OCH3 is 1. The van der Waals surface area contributed by atoms with Crippen LogP contribution in [0.2, 0.25) is 0 Å². The van der Waals surface area contributed by atoms with E-state index in [1.54, 1.807) is 0 Å². The van der Waals surface area contributed by atoms with Gasteiger partial charge in [-0.1, -0.05) is 6.07 Å². The van der Waals surface area contributed by atoms with Gasteiger partial charge in [0.15, 0.2) is 0 Å². The molecule has 0 fully saturated rings. The lowest BCUT2D eigenvalue weighted by atomic mass is 9.90. The van der Waals surface area contributed by atoms with E-state index >= 15 is 0 Å². The fourth-order valence-electron chi connectivity index (χ4n) is 4.75. The largest absolute Gasteiger partial charge is 0.493 e. The molecule has 3 aromatic rings. The van der Waals surface area contributed by atoms with Gasteiger partial charge in [0.2, 0.25) is 0 Å². The molecule has 0 aliphatic carbocycles. The topological polar surface area (TPSA) is 89.6 Å². The SMILES string of the molecule is COC(=O)[C@H](Cc1ccc(-c2ncccc2C(F)(F)F)c2c1CCCO2)NC(=O)c1c(F)cc(N[C@H](C)C(F)(F)F)cc1F. The van der Waals surface area contributed by atoms with E-state index in [0.29, 0.717) is 36.1 Å². The molecule has 44 heavy (non-hydrogen) atoms. The number of fused-ring (bicyclic) bond motifs is 1. The lowest BCUT2D eigenvalue weighted by Crippen LogP contribution is -2.44.